The van der Waals surface area contributed by atoms with Crippen molar-refractivity contribution >= 4 is 6.03 Å². The van der Waals surface area contributed by atoms with Gasteiger partial charge in [-0.05, 0) is 20.3 Å². The molecule has 0 spiro atoms. The lowest BCUT2D eigenvalue weighted by atomic mass is 10.2. The van der Waals surface area contributed by atoms with E-state index in [4.69, 9.17) is 11.2 Å². The number of nitrogens with one attached hydrogen (secondary N) is 2. The van der Waals surface area contributed by atoms with E-state index in [1.165, 1.54) is 0 Å². The van der Waals surface area contributed by atoms with Gasteiger partial charge in [0.2, 0.25) is 0 Å². The first-order chi connectivity index (χ1) is 8.61. The second-order valence-corrected chi connectivity index (χ2v) is 4.68. The van der Waals surface area contributed by atoms with Gasteiger partial charge in [-0.2, -0.15) is 0 Å². The maximum absolute atomic E-state index is 11.2. The fourth-order valence-corrected chi connectivity index (χ4v) is 2.17. The largest absolute Gasteiger partial charge is 0.373 e. The Bertz CT molecular complexity index is 291. The third-order valence-corrected chi connectivity index (χ3v) is 2.78. The van der Waals surface area contributed by atoms with Crippen molar-refractivity contribution < 1.29 is 9.53 Å². The zero-order valence-electron chi connectivity index (χ0n) is 11.2. The van der Waals surface area contributed by atoms with Crippen LogP contribution in [0.2, 0.25) is 0 Å². The smallest absolute Gasteiger partial charge is 0.315 e. The molecule has 2 atom stereocenters. The molecule has 1 rings (SSSR count). The summed E-state index contributed by atoms with van der Waals surface area (Å²) >= 11 is 0. The van der Waals surface area contributed by atoms with E-state index in [-0.39, 0.29) is 12.6 Å². The lowest BCUT2D eigenvalue weighted by molar-refractivity contribution is -0.0679. The van der Waals surface area contributed by atoms with Crippen LogP contribution in [0.3, 0.4) is 0 Å². The Morgan fingerprint density at radius 3 is 2.67 bits per heavy atom. The predicted octanol–water partition coefficient (Wildman–Crippen LogP) is 0.418. The molecular formula is C13H23N3O2. The van der Waals surface area contributed by atoms with Crippen LogP contribution in [0.1, 0.15) is 20.3 Å². The van der Waals surface area contributed by atoms with Crippen LogP contribution in [-0.2, 0) is 4.74 Å². The topological polar surface area (TPSA) is 53.6 Å². The normalized spacial score (nSPS) is 24.3. The minimum absolute atomic E-state index is 0.198. The number of morpholine rings is 1. The number of rotatable bonds is 5. The number of urea groups is 1. The first-order valence-electron chi connectivity index (χ1n) is 6.44. The van der Waals surface area contributed by atoms with Gasteiger partial charge in [0, 0.05) is 26.2 Å². The molecule has 1 saturated heterocycles. The molecule has 0 unspecified atom stereocenters. The lowest BCUT2D eigenvalue weighted by Gasteiger charge is -2.35. The third kappa shape index (κ3) is 5.89. The zero-order chi connectivity index (χ0) is 13.4. The molecular weight excluding hydrogens is 230 g/mol. The van der Waals surface area contributed by atoms with E-state index in [1.54, 1.807) is 0 Å². The summed E-state index contributed by atoms with van der Waals surface area (Å²) in [6.07, 6.45) is 6.56. The van der Waals surface area contributed by atoms with Crippen molar-refractivity contribution in [2.45, 2.75) is 32.5 Å². The van der Waals surface area contributed by atoms with E-state index in [2.05, 4.69) is 35.3 Å². The zero-order valence-corrected chi connectivity index (χ0v) is 11.2. The molecule has 1 aliphatic heterocycles. The van der Waals surface area contributed by atoms with Gasteiger partial charge in [0.15, 0.2) is 0 Å². The van der Waals surface area contributed by atoms with Gasteiger partial charge < -0.3 is 15.4 Å². The van der Waals surface area contributed by atoms with E-state index in [9.17, 15) is 4.79 Å². The number of carbonyl (C=O) groups is 1. The van der Waals surface area contributed by atoms with Gasteiger partial charge in [0.05, 0.1) is 18.8 Å². The van der Waals surface area contributed by atoms with Gasteiger partial charge in [0.25, 0.3) is 0 Å². The van der Waals surface area contributed by atoms with Crippen molar-refractivity contribution in [3.8, 4) is 12.3 Å². The van der Waals surface area contributed by atoms with Crippen molar-refractivity contribution in [1.29, 1.82) is 0 Å². The van der Waals surface area contributed by atoms with Crippen molar-refractivity contribution in [2.24, 2.45) is 0 Å². The van der Waals surface area contributed by atoms with Crippen LogP contribution in [-0.4, -0.2) is 55.9 Å². The first-order valence-corrected chi connectivity index (χ1v) is 6.44. The van der Waals surface area contributed by atoms with Crippen LogP contribution in [0, 0.1) is 12.3 Å². The van der Waals surface area contributed by atoms with Crippen molar-refractivity contribution in [3.63, 3.8) is 0 Å². The van der Waals surface area contributed by atoms with Crippen molar-refractivity contribution in [2.75, 3.05) is 32.7 Å². The Hall–Kier alpha value is -1.25. The Morgan fingerprint density at radius 1 is 1.39 bits per heavy atom. The molecule has 1 heterocycles. The number of hydrogen-bond donors (Lipinski definition) is 2. The molecule has 5 nitrogen and oxygen atoms in total. The lowest BCUT2D eigenvalue weighted by Crippen LogP contribution is -2.46. The van der Waals surface area contributed by atoms with Gasteiger partial charge >= 0.3 is 6.03 Å². The Labute approximate surface area is 109 Å². The molecule has 1 aliphatic rings. The van der Waals surface area contributed by atoms with E-state index in [1.807, 2.05) is 0 Å². The highest BCUT2D eigenvalue weighted by molar-refractivity contribution is 5.73. The van der Waals surface area contributed by atoms with Crippen LogP contribution in [0.5, 0.6) is 0 Å². The van der Waals surface area contributed by atoms with Gasteiger partial charge in [-0.15, -0.1) is 6.42 Å². The molecule has 0 aromatic rings. The Balaban J connectivity index is 2.07. The molecule has 0 bridgehead atoms. The van der Waals surface area contributed by atoms with E-state index >= 15 is 0 Å². The molecule has 18 heavy (non-hydrogen) atoms. The second kappa shape index (κ2) is 7.96. The highest BCUT2D eigenvalue weighted by Crippen LogP contribution is 2.10. The summed E-state index contributed by atoms with van der Waals surface area (Å²) in [5, 5.41) is 5.34. The van der Waals surface area contributed by atoms with Crippen molar-refractivity contribution in [3.05, 3.63) is 0 Å². The number of ether oxygens (including phenoxy) is 1. The molecule has 0 radical (unpaired) electrons. The average Bonchev–Trinajstić information content (AvgIpc) is 2.31. The van der Waals surface area contributed by atoms with Gasteiger partial charge in [-0.3, -0.25) is 4.90 Å². The third-order valence-electron chi connectivity index (χ3n) is 2.78. The first kappa shape index (κ1) is 14.8. The minimum atomic E-state index is -0.198. The molecule has 5 heteroatoms. The predicted molar refractivity (Wildman–Crippen MR) is 71.3 cm³/mol. The number of nitrogens with zero attached hydrogens (tertiary/aromatic N) is 1. The quantitative estimate of drug-likeness (QED) is 0.551. The summed E-state index contributed by atoms with van der Waals surface area (Å²) in [5.41, 5.74) is 0. The number of terminal acetylenes is 1. The summed E-state index contributed by atoms with van der Waals surface area (Å²) in [5.74, 6) is 2.36. The summed E-state index contributed by atoms with van der Waals surface area (Å²) in [6, 6.07) is -0.198. The molecule has 1 fully saturated rings. The van der Waals surface area contributed by atoms with Gasteiger partial charge in [0.1, 0.15) is 0 Å². The maximum atomic E-state index is 11.2. The standard InChI is InChI=1S/C13H23N3O2/c1-4-6-14-13(17)15-7-5-8-16-9-11(2)18-12(3)10-16/h1,11-12H,5-10H2,2-3H3,(H2,14,15,17)/t11-,12+. The summed E-state index contributed by atoms with van der Waals surface area (Å²) in [4.78, 5) is 13.6. The van der Waals surface area contributed by atoms with Crippen LogP contribution in [0.15, 0.2) is 0 Å². The van der Waals surface area contributed by atoms with Crippen LogP contribution >= 0.6 is 0 Å². The van der Waals surface area contributed by atoms with Crippen LogP contribution in [0.4, 0.5) is 4.79 Å². The maximum Gasteiger partial charge on any atom is 0.315 e. The molecule has 0 aromatic carbocycles. The average molecular weight is 253 g/mol. The second-order valence-electron chi connectivity index (χ2n) is 4.68. The highest BCUT2D eigenvalue weighted by Gasteiger charge is 2.21. The summed E-state index contributed by atoms with van der Waals surface area (Å²) in [6.45, 7) is 8.03. The molecule has 2 N–H and O–H groups in total. The SMILES string of the molecule is C#CCNC(=O)NCCCN1C[C@@H](C)O[C@@H](C)C1. The molecule has 2 amide bonds. The summed E-state index contributed by atoms with van der Waals surface area (Å²) in [7, 11) is 0. The fraction of sp³-hybridized carbons (Fsp3) is 0.769. The van der Waals surface area contributed by atoms with E-state index < -0.39 is 0 Å². The summed E-state index contributed by atoms with van der Waals surface area (Å²) < 4.78 is 5.67. The van der Waals surface area contributed by atoms with Gasteiger partial charge in [-0.25, -0.2) is 4.79 Å². The Morgan fingerprint density at radius 2 is 2.06 bits per heavy atom. The molecule has 0 aliphatic carbocycles. The molecule has 0 saturated carbocycles. The molecule has 102 valence electrons. The van der Waals surface area contributed by atoms with Gasteiger partial charge in [-0.1, -0.05) is 5.92 Å². The van der Waals surface area contributed by atoms with E-state index in [0.29, 0.717) is 18.8 Å². The van der Waals surface area contributed by atoms with E-state index in [0.717, 1.165) is 26.1 Å². The van der Waals surface area contributed by atoms with Crippen molar-refractivity contribution in [1.82, 2.24) is 15.5 Å². The highest BCUT2D eigenvalue weighted by atomic mass is 16.5. The fourth-order valence-electron chi connectivity index (χ4n) is 2.17. The van der Waals surface area contributed by atoms with Crippen LogP contribution < -0.4 is 10.6 Å². The number of amides is 2. The van der Waals surface area contributed by atoms with Crippen LogP contribution in [0.25, 0.3) is 0 Å². The number of carbonyl (C=O) groups excluding carboxylic acids is 1. The monoisotopic (exact) mass is 253 g/mol. The minimum Gasteiger partial charge on any atom is -0.373 e. The Kier molecular flexibility index (Phi) is 6.55. The molecule has 0 aromatic heterocycles. The number of hydrogen-bond acceptors (Lipinski definition) is 3.